The number of nitrogens with one attached hydrogen (secondary N) is 1. The average molecular weight is 768 g/mol. The summed E-state index contributed by atoms with van der Waals surface area (Å²) in [4.78, 5) is 62.6. The Balaban J connectivity index is 1.35. The second kappa shape index (κ2) is 14.9. The number of nitrogens with zero attached hydrogens (tertiary/aromatic N) is 2. The molecule has 54 heavy (non-hydrogen) atoms. The fourth-order valence-corrected chi connectivity index (χ4v) is 9.17. The summed E-state index contributed by atoms with van der Waals surface area (Å²) in [5.74, 6) is -2.75. The van der Waals surface area contributed by atoms with E-state index in [1.54, 1.807) is 47.1 Å². The first-order valence-corrected chi connectivity index (χ1v) is 20.3. The summed E-state index contributed by atoms with van der Waals surface area (Å²) in [5.41, 5.74) is -2.09. The Morgan fingerprint density at radius 2 is 1.80 bits per heavy atom. The number of pyridine rings is 1. The molecule has 1 aromatic heterocycles. The van der Waals surface area contributed by atoms with Crippen LogP contribution in [0.15, 0.2) is 42.6 Å². The van der Waals surface area contributed by atoms with E-state index in [0.29, 0.717) is 36.3 Å². The topological polar surface area (TPSA) is 168 Å². The number of fused-ring (bicyclic) bond motifs is 3. The fourth-order valence-electron chi connectivity index (χ4n) is 7.84. The summed E-state index contributed by atoms with van der Waals surface area (Å²) in [6.07, 6.45) is 5.45. The number of aromatic nitrogens is 1. The molecular formula is C40H53N3O10S. The number of amides is 2. The third kappa shape index (κ3) is 8.29. The molecule has 1 saturated heterocycles. The molecule has 14 heteroatoms. The lowest BCUT2D eigenvalue weighted by Crippen LogP contribution is -2.48. The Kier molecular flexibility index (Phi) is 10.9. The maximum atomic E-state index is 14.8. The molecule has 1 N–H and O–H groups in total. The zero-order valence-electron chi connectivity index (χ0n) is 32.3. The van der Waals surface area contributed by atoms with Crippen LogP contribution in [0.1, 0.15) is 86.5 Å². The van der Waals surface area contributed by atoms with Crippen LogP contribution in [0.25, 0.3) is 10.8 Å². The number of benzene rings is 1. The van der Waals surface area contributed by atoms with E-state index in [9.17, 15) is 27.6 Å². The van der Waals surface area contributed by atoms with Gasteiger partial charge in [0, 0.05) is 23.6 Å². The monoisotopic (exact) mass is 767 g/mol. The quantitative estimate of drug-likeness (QED) is 0.287. The molecule has 0 bridgehead atoms. The van der Waals surface area contributed by atoms with Gasteiger partial charge in [0.2, 0.25) is 27.7 Å². The van der Waals surface area contributed by atoms with Crippen LogP contribution in [0.2, 0.25) is 0 Å². The molecule has 6 rings (SSSR count). The van der Waals surface area contributed by atoms with E-state index in [4.69, 9.17) is 18.9 Å². The Morgan fingerprint density at radius 3 is 2.46 bits per heavy atom. The molecule has 2 saturated carbocycles. The molecular weight excluding hydrogens is 715 g/mol. The first-order valence-electron chi connectivity index (χ1n) is 18.8. The van der Waals surface area contributed by atoms with Crippen molar-refractivity contribution in [1.82, 2.24) is 14.6 Å². The van der Waals surface area contributed by atoms with Gasteiger partial charge in [-0.1, -0.05) is 37.3 Å². The van der Waals surface area contributed by atoms with E-state index in [0.717, 1.165) is 5.39 Å². The van der Waals surface area contributed by atoms with Crippen molar-refractivity contribution in [3.63, 3.8) is 0 Å². The van der Waals surface area contributed by atoms with Gasteiger partial charge in [0.15, 0.2) is 5.78 Å². The average Bonchev–Trinajstić information content (AvgIpc) is 3.98. The number of ketones is 1. The van der Waals surface area contributed by atoms with Gasteiger partial charge < -0.3 is 23.8 Å². The number of Topliss-reactive ketones (excluding diaryl/α,β-unsaturated/α-hetero) is 1. The number of carbonyl (C=O) groups is 4. The maximum Gasteiger partial charge on any atom is 0.307 e. The number of hydrogen-bond donors (Lipinski definition) is 1. The predicted octanol–water partition coefficient (Wildman–Crippen LogP) is 4.90. The molecule has 2 aliphatic carbocycles. The van der Waals surface area contributed by atoms with Crippen molar-refractivity contribution in [3.8, 4) is 11.6 Å². The van der Waals surface area contributed by atoms with Crippen molar-refractivity contribution < 1.29 is 46.5 Å². The number of esters is 1. The molecule has 2 aromatic rings. The van der Waals surface area contributed by atoms with Crippen LogP contribution in [0.3, 0.4) is 0 Å². The zero-order chi connectivity index (χ0) is 39.2. The van der Waals surface area contributed by atoms with Crippen LogP contribution < -0.4 is 14.2 Å². The second-order valence-electron chi connectivity index (χ2n) is 16.8. The van der Waals surface area contributed by atoms with E-state index in [2.05, 4.69) is 9.71 Å². The van der Waals surface area contributed by atoms with Crippen molar-refractivity contribution in [3.05, 3.63) is 42.6 Å². The maximum absolute atomic E-state index is 14.8. The molecule has 7 atom stereocenters. The van der Waals surface area contributed by atoms with Crippen LogP contribution in [-0.2, 0) is 38.7 Å². The van der Waals surface area contributed by atoms with Crippen LogP contribution >= 0.6 is 0 Å². The van der Waals surface area contributed by atoms with E-state index in [1.165, 1.54) is 4.90 Å². The van der Waals surface area contributed by atoms with Crippen LogP contribution in [0, 0.1) is 23.2 Å². The third-order valence-electron chi connectivity index (χ3n) is 11.4. The van der Waals surface area contributed by atoms with Crippen molar-refractivity contribution >= 4 is 44.4 Å². The van der Waals surface area contributed by atoms with Crippen LogP contribution in [0.4, 0.5) is 0 Å². The normalized spacial score (nSPS) is 30.6. The van der Waals surface area contributed by atoms with Gasteiger partial charge in [-0.05, 0) is 78.2 Å². The van der Waals surface area contributed by atoms with E-state index >= 15 is 0 Å². The lowest BCUT2D eigenvalue weighted by molar-refractivity contribution is -0.160. The Hall–Kier alpha value is -4.04. The highest BCUT2D eigenvalue weighted by Crippen LogP contribution is 2.57. The zero-order valence-corrected chi connectivity index (χ0v) is 33.1. The van der Waals surface area contributed by atoms with Crippen LogP contribution in [0.5, 0.6) is 11.6 Å². The van der Waals surface area contributed by atoms with E-state index in [-0.39, 0.29) is 56.6 Å². The summed E-state index contributed by atoms with van der Waals surface area (Å²) >= 11 is 0. The molecule has 13 nitrogen and oxygen atoms in total. The number of sulfonamides is 1. The summed E-state index contributed by atoms with van der Waals surface area (Å²) in [7, 11) is -2.42. The van der Waals surface area contributed by atoms with Crippen molar-refractivity contribution in [1.29, 1.82) is 0 Å². The minimum absolute atomic E-state index is 0.0239. The predicted molar refractivity (Wildman–Crippen MR) is 200 cm³/mol. The molecule has 0 unspecified atom stereocenters. The fraction of sp³-hybridized carbons (Fsp3) is 0.625. The number of allylic oxidation sites excluding steroid dienone is 1. The Labute approximate surface area is 317 Å². The second-order valence-corrected chi connectivity index (χ2v) is 19.0. The lowest BCUT2D eigenvalue weighted by atomic mass is 9.85. The van der Waals surface area contributed by atoms with Crippen molar-refractivity contribution in [2.45, 2.75) is 115 Å². The molecule has 3 fully saturated rings. The summed E-state index contributed by atoms with van der Waals surface area (Å²) < 4.78 is 51.4. The van der Waals surface area contributed by atoms with Gasteiger partial charge in [-0.3, -0.25) is 23.9 Å². The number of hydrogen-bond acceptors (Lipinski definition) is 11. The Bertz CT molecular complexity index is 1940. The number of rotatable bonds is 8. The summed E-state index contributed by atoms with van der Waals surface area (Å²) in [6, 6.07) is 6.46. The van der Waals surface area contributed by atoms with Gasteiger partial charge in [0.05, 0.1) is 61.1 Å². The number of carbonyl (C=O) groups excluding carboxylic acids is 4. The van der Waals surface area contributed by atoms with Crippen LogP contribution in [-0.4, -0.2) is 90.7 Å². The van der Waals surface area contributed by atoms with Gasteiger partial charge in [0.1, 0.15) is 17.5 Å². The summed E-state index contributed by atoms with van der Waals surface area (Å²) in [5, 5.41) is 1.47. The van der Waals surface area contributed by atoms with Gasteiger partial charge >= 0.3 is 5.97 Å². The first kappa shape index (κ1) is 39.6. The molecule has 4 aliphatic rings. The van der Waals surface area contributed by atoms with Gasteiger partial charge in [-0.25, -0.2) is 13.4 Å². The lowest BCUT2D eigenvalue weighted by Gasteiger charge is -2.32. The van der Waals surface area contributed by atoms with Gasteiger partial charge in [-0.15, -0.1) is 0 Å². The summed E-state index contributed by atoms with van der Waals surface area (Å²) in [6.45, 7) is 10.9. The first-order chi connectivity index (χ1) is 25.4. The molecule has 3 heterocycles. The molecule has 2 aliphatic heterocycles. The third-order valence-corrected chi connectivity index (χ3v) is 13.6. The minimum Gasteiger partial charge on any atom is -0.494 e. The minimum atomic E-state index is -3.97. The van der Waals surface area contributed by atoms with Crippen molar-refractivity contribution in [2.75, 3.05) is 20.3 Å². The molecule has 2 amide bonds. The van der Waals surface area contributed by atoms with E-state index < -0.39 is 67.6 Å². The number of ether oxygens (including phenoxy) is 4. The standard InChI is InChI=1S/C40H53N3O10S/c1-24-17-25(2)51-16-10-11-26-20-40(26,37(47)42-54(48,49)39(6)14-15-39)21-32(44)31-18-27(23-43(31)36(46)30(24)19-34(45)53-38(3,4)5)52-35-29-13-9-8-12-28(29)33(50-7)22-41-35/h8-13,22,24-27,30-31H,14-21,23H2,1-7H3,(H,42,47)/b11-10-/t24-,25+,26-,27-,30+,31+,40-/m1/s1. The molecule has 0 spiro atoms. The Morgan fingerprint density at radius 1 is 1.09 bits per heavy atom. The number of methoxy groups -OCH3 is 1. The molecule has 294 valence electrons. The molecule has 0 radical (unpaired) electrons. The highest BCUT2D eigenvalue weighted by Gasteiger charge is 2.62. The van der Waals surface area contributed by atoms with Crippen molar-refractivity contribution in [2.24, 2.45) is 23.2 Å². The highest BCUT2D eigenvalue weighted by atomic mass is 32.2. The highest BCUT2D eigenvalue weighted by molar-refractivity contribution is 7.91. The molecule has 1 aromatic carbocycles. The SMILES string of the molecule is COc1cnc(O[C@@H]2C[C@H]3C(=O)C[C@]4(C(=O)NS(=O)(=O)C5(C)CC5)C[C@H]4/C=C\CO[C@@H](C)C[C@@H](C)[C@H](CC(=O)OC(C)(C)C)C(=O)N3C2)c2ccccc12. The van der Waals surface area contributed by atoms with E-state index in [1.807, 2.05) is 44.2 Å². The van der Waals surface area contributed by atoms with Gasteiger partial charge in [-0.2, -0.15) is 0 Å². The van der Waals surface area contributed by atoms with Gasteiger partial charge in [0.25, 0.3) is 0 Å². The largest absolute Gasteiger partial charge is 0.494 e. The smallest absolute Gasteiger partial charge is 0.307 e.